The third-order valence-electron chi connectivity index (χ3n) is 3.57. The van der Waals surface area contributed by atoms with E-state index in [1.165, 1.54) is 0 Å². The molecule has 0 saturated carbocycles. The molecule has 0 bridgehead atoms. The Bertz CT molecular complexity index is 861. The first-order chi connectivity index (χ1) is 12.2. The van der Waals surface area contributed by atoms with Crippen LogP contribution in [0.3, 0.4) is 0 Å². The molecule has 7 heteroatoms. The van der Waals surface area contributed by atoms with Crippen LogP contribution in [0.25, 0.3) is 5.82 Å². The van der Waals surface area contributed by atoms with Crippen molar-refractivity contribution in [1.29, 1.82) is 0 Å². The van der Waals surface area contributed by atoms with Gasteiger partial charge in [-0.3, -0.25) is 4.79 Å². The Morgan fingerprint density at radius 1 is 1.20 bits per heavy atom. The van der Waals surface area contributed by atoms with E-state index in [1.807, 2.05) is 32.0 Å². The first kappa shape index (κ1) is 16.6. The number of aromatic nitrogens is 4. The van der Waals surface area contributed by atoms with Gasteiger partial charge in [0.2, 0.25) is 5.88 Å². The van der Waals surface area contributed by atoms with E-state index in [9.17, 15) is 4.79 Å². The summed E-state index contributed by atoms with van der Waals surface area (Å²) >= 11 is 0. The molecule has 0 aliphatic carbocycles. The molecule has 1 N–H and O–H groups in total. The molecule has 128 valence electrons. The molecule has 0 unspecified atom stereocenters. The van der Waals surface area contributed by atoms with Crippen LogP contribution in [0, 0.1) is 0 Å². The molecule has 0 aliphatic heterocycles. The Morgan fingerprint density at radius 2 is 2.08 bits per heavy atom. The van der Waals surface area contributed by atoms with E-state index >= 15 is 0 Å². The first-order valence-corrected chi connectivity index (χ1v) is 8.12. The van der Waals surface area contributed by atoms with Crippen LogP contribution in [0.5, 0.6) is 5.88 Å². The van der Waals surface area contributed by atoms with Crippen molar-refractivity contribution in [3.05, 3.63) is 60.0 Å². The summed E-state index contributed by atoms with van der Waals surface area (Å²) in [5, 5.41) is 7.11. The number of nitrogens with zero attached hydrogens (tertiary/aromatic N) is 4. The second kappa shape index (κ2) is 7.57. The minimum Gasteiger partial charge on any atom is -0.478 e. The van der Waals surface area contributed by atoms with Gasteiger partial charge in [-0.2, -0.15) is 10.1 Å². The summed E-state index contributed by atoms with van der Waals surface area (Å²) in [5.41, 5.74) is 1.29. The standard InChI is InChI=1S/C18H19N5O2/c1-3-14-13(12-20-23(14)16-9-5-6-11-19-16)18(24)22-15-8-7-10-17(21-15)25-4-2/h5-12H,3-4H2,1-2H3,(H,21,22,24). The van der Waals surface area contributed by atoms with E-state index < -0.39 is 0 Å². The largest absolute Gasteiger partial charge is 0.478 e. The van der Waals surface area contributed by atoms with Gasteiger partial charge in [-0.15, -0.1) is 0 Å². The molecule has 3 rings (SSSR count). The molecule has 3 heterocycles. The van der Waals surface area contributed by atoms with Crippen LogP contribution >= 0.6 is 0 Å². The van der Waals surface area contributed by atoms with Crippen LogP contribution in [-0.4, -0.2) is 32.3 Å². The summed E-state index contributed by atoms with van der Waals surface area (Å²) in [7, 11) is 0. The lowest BCUT2D eigenvalue weighted by Gasteiger charge is -2.08. The van der Waals surface area contributed by atoms with E-state index in [-0.39, 0.29) is 5.91 Å². The fraction of sp³-hybridized carbons (Fsp3) is 0.222. The van der Waals surface area contributed by atoms with Crippen molar-refractivity contribution in [2.45, 2.75) is 20.3 Å². The zero-order valence-electron chi connectivity index (χ0n) is 14.1. The number of carbonyl (C=O) groups is 1. The van der Waals surface area contributed by atoms with Crippen molar-refractivity contribution in [3.63, 3.8) is 0 Å². The van der Waals surface area contributed by atoms with Gasteiger partial charge in [0.1, 0.15) is 5.82 Å². The van der Waals surface area contributed by atoms with E-state index in [4.69, 9.17) is 4.74 Å². The maximum Gasteiger partial charge on any atom is 0.260 e. The molecule has 1 amide bonds. The van der Waals surface area contributed by atoms with E-state index in [0.29, 0.717) is 36.1 Å². The van der Waals surface area contributed by atoms with Gasteiger partial charge in [0.15, 0.2) is 5.82 Å². The molecule has 0 aliphatic rings. The molecule has 0 aromatic carbocycles. The molecule has 0 spiro atoms. The van der Waals surface area contributed by atoms with Crippen molar-refractivity contribution in [2.75, 3.05) is 11.9 Å². The van der Waals surface area contributed by atoms with Crippen LogP contribution in [0.4, 0.5) is 5.82 Å². The number of ether oxygens (including phenoxy) is 1. The molecule has 0 radical (unpaired) electrons. The van der Waals surface area contributed by atoms with Gasteiger partial charge in [0, 0.05) is 12.3 Å². The highest BCUT2D eigenvalue weighted by Crippen LogP contribution is 2.17. The Kier molecular flexibility index (Phi) is 5.03. The van der Waals surface area contributed by atoms with Crippen LogP contribution in [0.15, 0.2) is 48.8 Å². The summed E-state index contributed by atoms with van der Waals surface area (Å²) in [6.07, 6.45) is 3.89. The van der Waals surface area contributed by atoms with E-state index in [1.54, 1.807) is 35.3 Å². The van der Waals surface area contributed by atoms with Crippen molar-refractivity contribution in [1.82, 2.24) is 19.7 Å². The van der Waals surface area contributed by atoms with Gasteiger partial charge in [-0.1, -0.05) is 19.1 Å². The lowest BCUT2D eigenvalue weighted by atomic mass is 10.2. The predicted molar refractivity (Wildman–Crippen MR) is 94.1 cm³/mol. The number of nitrogens with one attached hydrogen (secondary N) is 1. The number of pyridine rings is 2. The Balaban J connectivity index is 1.85. The zero-order valence-corrected chi connectivity index (χ0v) is 14.1. The zero-order chi connectivity index (χ0) is 17.6. The highest BCUT2D eigenvalue weighted by molar-refractivity contribution is 6.04. The lowest BCUT2D eigenvalue weighted by Crippen LogP contribution is -2.15. The summed E-state index contributed by atoms with van der Waals surface area (Å²) in [6, 6.07) is 10.8. The highest BCUT2D eigenvalue weighted by atomic mass is 16.5. The van der Waals surface area contributed by atoms with Gasteiger partial charge in [0.05, 0.1) is 24.1 Å². The minimum absolute atomic E-state index is 0.264. The molecule has 3 aromatic heterocycles. The molecule has 0 atom stereocenters. The minimum atomic E-state index is -0.264. The third-order valence-corrected chi connectivity index (χ3v) is 3.57. The van der Waals surface area contributed by atoms with Gasteiger partial charge in [-0.05, 0) is 31.5 Å². The molecule has 25 heavy (non-hydrogen) atoms. The van der Waals surface area contributed by atoms with Crippen molar-refractivity contribution in [3.8, 4) is 11.7 Å². The van der Waals surface area contributed by atoms with Gasteiger partial charge in [0.25, 0.3) is 5.91 Å². The molecule has 7 nitrogen and oxygen atoms in total. The number of anilines is 1. The molecule has 0 fully saturated rings. The fourth-order valence-electron chi connectivity index (χ4n) is 2.48. The summed E-state index contributed by atoms with van der Waals surface area (Å²) in [4.78, 5) is 21.2. The molecular weight excluding hydrogens is 318 g/mol. The van der Waals surface area contributed by atoms with E-state index in [0.717, 1.165) is 5.69 Å². The fourth-order valence-corrected chi connectivity index (χ4v) is 2.48. The highest BCUT2D eigenvalue weighted by Gasteiger charge is 2.18. The lowest BCUT2D eigenvalue weighted by molar-refractivity contribution is 0.102. The van der Waals surface area contributed by atoms with Crippen LogP contribution in [-0.2, 0) is 6.42 Å². The SMILES string of the molecule is CCOc1cccc(NC(=O)c2cnn(-c3ccccn3)c2CC)n1. The Morgan fingerprint density at radius 3 is 2.80 bits per heavy atom. The number of amides is 1. The Labute approximate surface area is 145 Å². The third kappa shape index (κ3) is 3.65. The normalized spacial score (nSPS) is 10.5. The molecular formula is C18H19N5O2. The van der Waals surface area contributed by atoms with Crippen molar-refractivity contribution in [2.24, 2.45) is 0 Å². The summed E-state index contributed by atoms with van der Waals surface area (Å²) < 4.78 is 7.03. The van der Waals surface area contributed by atoms with E-state index in [2.05, 4.69) is 20.4 Å². The summed E-state index contributed by atoms with van der Waals surface area (Å²) in [5.74, 6) is 1.32. The number of rotatable bonds is 6. The van der Waals surface area contributed by atoms with Crippen LogP contribution < -0.4 is 10.1 Å². The Hall–Kier alpha value is -3.22. The average Bonchev–Trinajstić information content (AvgIpc) is 3.07. The average molecular weight is 337 g/mol. The topological polar surface area (TPSA) is 81.9 Å². The van der Waals surface area contributed by atoms with Gasteiger partial charge < -0.3 is 10.1 Å². The van der Waals surface area contributed by atoms with Crippen LogP contribution in [0.1, 0.15) is 29.9 Å². The maximum atomic E-state index is 12.6. The second-order valence-electron chi connectivity index (χ2n) is 5.21. The van der Waals surface area contributed by atoms with Gasteiger partial charge >= 0.3 is 0 Å². The summed E-state index contributed by atoms with van der Waals surface area (Å²) in [6.45, 7) is 4.37. The van der Waals surface area contributed by atoms with Crippen molar-refractivity contribution < 1.29 is 9.53 Å². The quantitative estimate of drug-likeness (QED) is 0.748. The first-order valence-electron chi connectivity index (χ1n) is 8.12. The predicted octanol–water partition coefficient (Wildman–Crippen LogP) is 2.88. The molecule has 3 aromatic rings. The van der Waals surface area contributed by atoms with Gasteiger partial charge in [-0.25, -0.2) is 9.67 Å². The van der Waals surface area contributed by atoms with Crippen LogP contribution in [0.2, 0.25) is 0 Å². The van der Waals surface area contributed by atoms with Crippen molar-refractivity contribution >= 4 is 11.7 Å². The maximum absolute atomic E-state index is 12.6. The number of hydrogen-bond donors (Lipinski definition) is 1. The second-order valence-corrected chi connectivity index (χ2v) is 5.21. The monoisotopic (exact) mass is 337 g/mol. The molecule has 0 saturated heterocycles. The number of carbonyl (C=O) groups excluding carboxylic acids is 1. The smallest absolute Gasteiger partial charge is 0.260 e. The number of hydrogen-bond acceptors (Lipinski definition) is 5.